The number of ether oxygens (including phenoxy) is 2. The molecular weight excluding hydrogens is 506 g/mol. The molecule has 9 nitrogen and oxygen atoms in total. The third-order valence-electron chi connectivity index (χ3n) is 8.24. The molecule has 2 heterocycles. The monoisotopic (exact) mass is 547 g/mol. The minimum atomic E-state index is -1.01. The normalized spacial score (nSPS) is 23.1. The molecule has 1 aromatic heterocycles. The van der Waals surface area contributed by atoms with Crippen molar-refractivity contribution in [1.82, 2.24) is 19.8 Å². The van der Waals surface area contributed by atoms with Crippen LogP contribution < -0.4 is 15.4 Å². The first kappa shape index (κ1) is 28.1. The summed E-state index contributed by atoms with van der Waals surface area (Å²) in [7, 11) is 3.28. The molecule has 0 bridgehead atoms. The Morgan fingerprint density at radius 1 is 1.15 bits per heavy atom. The van der Waals surface area contributed by atoms with Crippen LogP contribution in [0.15, 0.2) is 60.9 Å². The average molecular weight is 548 g/mol. The maximum absolute atomic E-state index is 14.2. The van der Waals surface area contributed by atoms with Crippen molar-refractivity contribution in [3.8, 4) is 17.0 Å². The Kier molecular flexibility index (Phi) is 9.04. The van der Waals surface area contributed by atoms with E-state index in [1.54, 1.807) is 20.5 Å². The molecule has 2 aliphatic rings. The van der Waals surface area contributed by atoms with E-state index in [2.05, 4.69) is 10.6 Å². The van der Waals surface area contributed by atoms with Gasteiger partial charge in [0.05, 0.1) is 31.8 Å². The minimum absolute atomic E-state index is 0.0286. The van der Waals surface area contributed by atoms with E-state index in [0.717, 1.165) is 68.0 Å². The molecule has 1 aliphatic carbocycles. The topological polar surface area (TPSA) is 101 Å². The first-order chi connectivity index (χ1) is 19.5. The fourth-order valence-electron chi connectivity index (χ4n) is 6.17. The predicted molar refractivity (Wildman–Crippen MR) is 156 cm³/mol. The van der Waals surface area contributed by atoms with Gasteiger partial charge in [-0.25, -0.2) is 4.98 Å². The van der Waals surface area contributed by atoms with Gasteiger partial charge < -0.3 is 34.7 Å². The fourth-order valence-corrected chi connectivity index (χ4v) is 6.17. The number of methoxy groups -OCH3 is 2. The van der Waals surface area contributed by atoms with Crippen molar-refractivity contribution in [1.29, 1.82) is 0 Å². The van der Waals surface area contributed by atoms with Crippen molar-refractivity contribution in [2.45, 2.75) is 49.8 Å². The first-order valence-electron chi connectivity index (χ1n) is 14.3. The lowest BCUT2D eigenvalue weighted by Crippen LogP contribution is -2.54. The van der Waals surface area contributed by atoms with Crippen molar-refractivity contribution in [2.75, 3.05) is 52.3 Å². The van der Waals surface area contributed by atoms with E-state index in [4.69, 9.17) is 14.5 Å². The molecule has 0 spiro atoms. The third-order valence-corrected chi connectivity index (χ3v) is 8.24. The van der Waals surface area contributed by atoms with Crippen LogP contribution in [0.4, 0.5) is 5.69 Å². The van der Waals surface area contributed by atoms with E-state index >= 15 is 0 Å². The number of carbonyl (C=O) groups excluding carboxylic acids is 1. The molecule has 2 fully saturated rings. The molecule has 1 saturated heterocycles. The maximum atomic E-state index is 14.2. The second-order valence-electron chi connectivity index (χ2n) is 10.8. The summed E-state index contributed by atoms with van der Waals surface area (Å²) < 4.78 is 12.7. The molecule has 9 heteroatoms. The van der Waals surface area contributed by atoms with Crippen molar-refractivity contribution in [2.24, 2.45) is 0 Å². The zero-order valence-electron chi connectivity index (χ0n) is 23.5. The van der Waals surface area contributed by atoms with Gasteiger partial charge in [-0.3, -0.25) is 4.79 Å². The number of nitrogens with one attached hydrogen (secondary N) is 2. The number of rotatable bonds is 10. The van der Waals surface area contributed by atoms with E-state index in [9.17, 15) is 9.90 Å². The average Bonchev–Trinajstić information content (AvgIpc) is 3.43. The number of aromatic nitrogens is 2. The second kappa shape index (κ2) is 12.8. The van der Waals surface area contributed by atoms with Gasteiger partial charge in [0.1, 0.15) is 11.4 Å². The number of piperazine rings is 1. The first-order valence-corrected chi connectivity index (χ1v) is 14.3. The molecular formula is C31H41N5O4. The van der Waals surface area contributed by atoms with Crippen molar-refractivity contribution < 1.29 is 19.4 Å². The summed E-state index contributed by atoms with van der Waals surface area (Å²) in [5.74, 6) is 0.751. The standard InChI is InChI=1S/C31H41N5O4/c1-39-21-31(38)16-7-6-10-27(31)36-22-34-28(29(36)23-8-4-3-5-9-23)30(37)35-19-18-32-20-25(35)15-17-33-24-11-13-26(40-2)14-12-24/h3-5,8-9,11-14,22,25,27,32-33,38H,6-7,10,15-21H2,1-2H3/t25-,27-,31-/m1/s1. The Balaban J connectivity index is 1.40. The molecule has 2 aromatic carbocycles. The van der Waals surface area contributed by atoms with Gasteiger partial charge in [0.15, 0.2) is 5.69 Å². The molecule has 1 amide bonds. The smallest absolute Gasteiger partial charge is 0.275 e. The number of amides is 1. The highest BCUT2D eigenvalue weighted by molar-refractivity contribution is 5.98. The maximum Gasteiger partial charge on any atom is 0.275 e. The Bertz CT molecular complexity index is 1240. The Hall–Kier alpha value is -3.40. The number of benzene rings is 2. The van der Waals surface area contributed by atoms with Crippen molar-refractivity contribution in [3.05, 3.63) is 66.6 Å². The van der Waals surface area contributed by atoms with Crippen LogP contribution in [-0.2, 0) is 4.74 Å². The third kappa shape index (κ3) is 6.01. The molecule has 1 saturated carbocycles. The zero-order chi connectivity index (χ0) is 28.0. The predicted octanol–water partition coefficient (Wildman–Crippen LogP) is 3.97. The molecule has 3 N–H and O–H groups in total. The number of hydrogen-bond donors (Lipinski definition) is 3. The molecule has 0 radical (unpaired) electrons. The summed E-state index contributed by atoms with van der Waals surface area (Å²) in [4.78, 5) is 20.9. The molecule has 3 atom stereocenters. The number of aliphatic hydroxyl groups is 1. The molecule has 0 unspecified atom stereocenters. The van der Waals surface area contributed by atoms with Gasteiger partial charge in [-0.05, 0) is 43.5 Å². The number of carbonyl (C=O) groups is 1. The van der Waals surface area contributed by atoms with Crippen molar-refractivity contribution >= 4 is 11.6 Å². The van der Waals surface area contributed by atoms with Crippen LogP contribution in [0.5, 0.6) is 5.75 Å². The number of imidazole rings is 1. The van der Waals surface area contributed by atoms with E-state index in [0.29, 0.717) is 18.7 Å². The number of hydrogen-bond acceptors (Lipinski definition) is 7. The van der Waals surface area contributed by atoms with Gasteiger partial charge in [0.2, 0.25) is 0 Å². The molecule has 214 valence electrons. The van der Waals surface area contributed by atoms with Crippen molar-refractivity contribution in [3.63, 3.8) is 0 Å². The lowest BCUT2D eigenvalue weighted by atomic mass is 9.80. The van der Waals surface area contributed by atoms with Crippen LogP contribution >= 0.6 is 0 Å². The molecule has 5 rings (SSSR count). The molecule has 3 aromatic rings. The number of nitrogens with zero attached hydrogens (tertiary/aromatic N) is 3. The van der Waals surface area contributed by atoms with E-state index in [-0.39, 0.29) is 24.6 Å². The van der Waals surface area contributed by atoms with Crippen LogP contribution in [0.25, 0.3) is 11.3 Å². The summed E-state index contributed by atoms with van der Waals surface area (Å²) in [6, 6.07) is 17.6. The summed E-state index contributed by atoms with van der Waals surface area (Å²) >= 11 is 0. The molecule has 1 aliphatic heterocycles. The highest BCUT2D eigenvalue weighted by Crippen LogP contribution is 2.41. The van der Waals surface area contributed by atoms with E-state index in [1.807, 2.05) is 64.1 Å². The minimum Gasteiger partial charge on any atom is -0.497 e. The van der Waals surface area contributed by atoms with Crippen LogP contribution in [0.1, 0.15) is 48.6 Å². The summed E-state index contributed by atoms with van der Waals surface area (Å²) in [6.07, 6.45) is 5.95. The zero-order valence-corrected chi connectivity index (χ0v) is 23.5. The van der Waals surface area contributed by atoms with Crippen LogP contribution in [0, 0.1) is 0 Å². The van der Waals surface area contributed by atoms with Crippen LogP contribution in [0.2, 0.25) is 0 Å². The van der Waals surface area contributed by atoms with Gasteiger partial charge >= 0.3 is 0 Å². The van der Waals surface area contributed by atoms with Gasteiger partial charge in [0, 0.05) is 50.6 Å². The Morgan fingerprint density at radius 3 is 2.70 bits per heavy atom. The fraction of sp³-hybridized carbons (Fsp3) is 0.484. The van der Waals surface area contributed by atoms with E-state index in [1.165, 1.54) is 0 Å². The number of anilines is 1. The highest BCUT2D eigenvalue weighted by Gasteiger charge is 2.42. The quantitative estimate of drug-likeness (QED) is 0.353. The summed E-state index contributed by atoms with van der Waals surface area (Å²) in [6.45, 7) is 3.06. The van der Waals surface area contributed by atoms with Crippen LogP contribution in [-0.4, -0.2) is 84.1 Å². The van der Waals surface area contributed by atoms with Gasteiger partial charge in [-0.2, -0.15) is 0 Å². The second-order valence-corrected chi connectivity index (χ2v) is 10.8. The van der Waals surface area contributed by atoms with Gasteiger partial charge in [0.25, 0.3) is 5.91 Å². The van der Waals surface area contributed by atoms with Gasteiger partial charge in [-0.1, -0.05) is 43.2 Å². The summed E-state index contributed by atoms with van der Waals surface area (Å²) in [5.41, 5.74) is 2.12. The highest BCUT2D eigenvalue weighted by atomic mass is 16.5. The van der Waals surface area contributed by atoms with Crippen LogP contribution in [0.3, 0.4) is 0 Å². The lowest BCUT2D eigenvalue weighted by molar-refractivity contribution is -0.0893. The SMILES string of the molecule is COC[C@]1(O)CCCC[C@H]1n1cnc(C(=O)N2CCNC[C@H]2CCNc2ccc(OC)cc2)c1-c1ccccc1. The van der Waals surface area contributed by atoms with Gasteiger partial charge in [-0.15, -0.1) is 0 Å². The van der Waals surface area contributed by atoms with E-state index < -0.39 is 5.60 Å². The molecule has 40 heavy (non-hydrogen) atoms. The Morgan fingerprint density at radius 2 is 1.95 bits per heavy atom. The lowest BCUT2D eigenvalue weighted by Gasteiger charge is -2.41. The largest absolute Gasteiger partial charge is 0.497 e. The Labute approximate surface area is 236 Å². The summed E-state index contributed by atoms with van der Waals surface area (Å²) in [5, 5.41) is 18.5.